The van der Waals surface area contributed by atoms with Crippen LogP contribution in [-0.4, -0.2) is 24.7 Å². The number of halogens is 1. The number of ether oxygens (including phenoxy) is 1. The van der Waals surface area contributed by atoms with Crippen LogP contribution in [0.3, 0.4) is 0 Å². The van der Waals surface area contributed by atoms with Crippen molar-refractivity contribution in [1.29, 1.82) is 0 Å². The molecule has 0 bridgehead atoms. The third kappa shape index (κ3) is 4.57. The molecule has 0 radical (unpaired) electrons. The number of hydrogen-bond acceptors (Lipinski definition) is 3. The smallest absolute Gasteiger partial charge is 0.0740 e. The van der Waals surface area contributed by atoms with E-state index in [0.29, 0.717) is 6.04 Å². The maximum atomic E-state index is 6.69. The first-order valence-electron chi connectivity index (χ1n) is 10.1. The molecule has 3 aromatic rings. The Hall–Kier alpha value is -1.46. The van der Waals surface area contributed by atoms with Crippen LogP contribution in [0.25, 0.3) is 22.2 Å². The Morgan fingerprint density at radius 2 is 1.89 bits per heavy atom. The van der Waals surface area contributed by atoms with Crippen LogP contribution in [0, 0.1) is 0 Å². The van der Waals surface area contributed by atoms with E-state index in [1.54, 1.807) is 19.1 Å². The van der Waals surface area contributed by atoms with Gasteiger partial charge in [0, 0.05) is 29.0 Å². The standard InChI is InChI=1S/C23H27ClN2OS/c1-27-14-13-16-7-9-17(10-8-16)23-22(24)20-12-11-19(15-21(20)25-23)28-26-18-5-3-2-4-6-18/h7-12,15,18,25-26H,2-6,13-14H2,1H3. The summed E-state index contributed by atoms with van der Waals surface area (Å²) in [6.07, 6.45) is 7.56. The van der Waals surface area contributed by atoms with Gasteiger partial charge < -0.3 is 9.72 Å². The molecular formula is C23H27ClN2OS. The highest BCUT2D eigenvalue weighted by molar-refractivity contribution is 7.97. The summed E-state index contributed by atoms with van der Waals surface area (Å²) in [4.78, 5) is 4.74. The lowest BCUT2D eigenvalue weighted by molar-refractivity contribution is 0.202. The van der Waals surface area contributed by atoms with Crippen LogP contribution < -0.4 is 4.72 Å². The Kier molecular flexibility index (Phi) is 6.63. The van der Waals surface area contributed by atoms with Crippen LogP contribution in [-0.2, 0) is 11.2 Å². The van der Waals surface area contributed by atoms with E-state index in [-0.39, 0.29) is 0 Å². The SMILES string of the molecule is COCCc1ccc(-c2[nH]c3cc(SNC4CCCCC4)ccc3c2Cl)cc1. The van der Waals surface area contributed by atoms with E-state index in [1.807, 2.05) is 0 Å². The van der Waals surface area contributed by atoms with Gasteiger partial charge in [-0.15, -0.1) is 0 Å². The summed E-state index contributed by atoms with van der Waals surface area (Å²) < 4.78 is 8.79. The molecule has 0 amide bonds. The van der Waals surface area contributed by atoms with Gasteiger partial charge in [-0.3, -0.25) is 4.72 Å². The van der Waals surface area contributed by atoms with Crippen molar-refractivity contribution in [2.45, 2.75) is 49.5 Å². The number of fused-ring (bicyclic) bond motifs is 1. The Bertz CT molecular complexity index is 916. The fourth-order valence-electron chi connectivity index (χ4n) is 3.83. The van der Waals surface area contributed by atoms with Crippen LogP contribution in [0.2, 0.25) is 5.02 Å². The minimum atomic E-state index is 0.633. The Labute approximate surface area is 176 Å². The molecule has 1 aromatic heterocycles. The van der Waals surface area contributed by atoms with Gasteiger partial charge in [-0.05, 0) is 54.5 Å². The molecule has 2 aromatic carbocycles. The van der Waals surface area contributed by atoms with Crippen molar-refractivity contribution in [2.75, 3.05) is 13.7 Å². The van der Waals surface area contributed by atoms with E-state index in [2.05, 4.69) is 52.2 Å². The molecule has 1 aliphatic carbocycles. The Balaban J connectivity index is 1.51. The largest absolute Gasteiger partial charge is 0.384 e. The van der Waals surface area contributed by atoms with Crippen molar-refractivity contribution >= 4 is 34.5 Å². The molecule has 28 heavy (non-hydrogen) atoms. The first kappa shape index (κ1) is 19.8. The predicted molar refractivity (Wildman–Crippen MR) is 120 cm³/mol. The molecule has 2 N–H and O–H groups in total. The van der Waals surface area contributed by atoms with Gasteiger partial charge in [-0.25, -0.2) is 0 Å². The van der Waals surface area contributed by atoms with Gasteiger partial charge in [0.05, 0.1) is 17.3 Å². The highest BCUT2D eigenvalue weighted by Crippen LogP contribution is 2.36. The maximum absolute atomic E-state index is 6.69. The highest BCUT2D eigenvalue weighted by atomic mass is 35.5. The molecule has 0 saturated heterocycles. The zero-order valence-corrected chi connectivity index (χ0v) is 17.8. The number of methoxy groups -OCH3 is 1. The van der Waals surface area contributed by atoms with Crippen LogP contribution in [0.4, 0.5) is 0 Å². The third-order valence-electron chi connectivity index (χ3n) is 5.49. The maximum Gasteiger partial charge on any atom is 0.0740 e. The number of hydrogen-bond donors (Lipinski definition) is 2. The number of H-pyrrole nitrogens is 1. The summed E-state index contributed by atoms with van der Waals surface area (Å²) in [6, 6.07) is 15.6. The van der Waals surface area contributed by atoms with Crippen molar-refractivity contribution in [1.82, 2.24) is 9.71 Å². The van der Waals surface area contributed by atoms with Crippen molar-refractivity contribution in [3.05, 3.63) is 53.1 Å². The highest BCUT2D eigenvalue weighted by Gasteiger charge is 2.15. The summed E-state index contributed by atoms with van der Waals surface area (Å²) in [5.41, 5.74) is 4.44. The molecule has 0 unspecified atom stereocenters. The number of rotatable bonds is 7. The van der Waals surface area contributed by atoms with Crippen molar-refractivity contribution < 1.29 is 4.74 Å². The molecular weight excluding hydrogens is 388 g/mol. The third-order valence-corrected chi connectivity index (χ3v) is 6.83. The topological polar surface area (TPSA) is 37.0 Å². The van der Waals surface area contributed by atoms with Crippen molar-refractivity contribution in [3.8, 4) is 11.3 Å². The molecule has 1 saturated carbocycles. The minimum Gasteiger partial charge on any atom is -0.384 e. The lowest BCUT2D eigenvalue weighted by Gasteiger charge is -2.22. The molecule has 1 heterocycles. The Morgan fingerprint density at radius 3 is 2.64 bits per heavy atom. The number of nitrogens with one attached hydrogen (secondary N) is 2. The molecule has 1 aliphatic rings. The predicted octanol–water partition coefficient (Wildman–Crippen LogP) is 6.61. The van der Waals surface area contributed by atoms with E-state index in [9.17, 15) is 0 Å². The average Bonchev–Trinajstić information content (AvgIpc) is 3.08. The van der Waals surface area contributed by atoms with Gasteiger partial charge in [-0.1, -0.05) is 61.2 Å². The number of aromatic amines is 1. The van der Waals surface area contributed by atoms with Crippen LogP contribution in [0.15, 0.2) is 47.4 Å². The second kappa shape index (κ2) is 9.36. The van der Waals surface area contributed by atoms with E-state index in [4.69, 9.17) is 16.3 Å². The summed E-state index contributed by atoms with van der Waals surface area (Å²) in [7, 11) is 1.73. The molecule has 0 aliphatic heterocycles. The molecule has 0 atom stereocenters. The lowest BCUT2D eigenvalue weighted by atomic mass is 9.96. The van der Waals surface area contributed by atoms with E-state index >= 15 is 0 Å². The lowest BCUT2D eigenvalue weighted by Crippen LogP contribution is -2.25. The fourth-order valence-corrected chi connectivity index (χ4v) is 5.01. The zero-order valence-electron chi connectivity index (χ0n) is 16.3. The van der Waals surface area contributed by atoms with Crippen LogP contribution in [0.5, 0.6) is 0 Å². The number of aromatic nitrogens is 1. The molecule has 1 fully saturated rings. The first-order valence-corrected chi connectivity index (χ1v) is 11.3. The average molecular weight is 415 g/mol. The van der Waals surface area contributed by atoms with Crippen LogP contribution in [0.1, 0.15) is 37.7 Å². The van der Waals surface area contributed by atoms with Gasteiger partial charge in [0.15, 0.2) is 0 Å². The summed E-state index contributed by atoms with van der Waals surface area (Å²) >= 11 is 8.43. The monoisotopic (exact) mass is 414 g/mol. The van der Waals surface area contributed by atoms with Crippen LogP contribution >= 0.6 is 23.5 Å². The van der Waals surface area contributed by atoms with E-state index in [0.717, 1.165) is 40.2 Å². The second-order valence-electron chi connectivity index (χ2n) is 7.52. The first-order chi connectivity index (χ1) is 13.7. The minimum absolute atomic E-state index is 0.633. The van der Waals surface area contributed by atoms with Gasteiger partial charge in [0.1, 0.15) is 0 Å². The van der Waals surface area contributed by atoms with Gasteiger partial charge in [0.25, 0.3) is 0 Å². The normalized spacial score (nSPS) is 15.4. The summed E-state index contributed by atoms with van der Waals surface area (Å²) in [5.74, 6) is 0. The van der Waals surface area contributed by atoms with Gasteiger partial charge in [-0.2, -0.15) is 0 Å². The summed E-state index contributed by atoms with van der Waals surface area (Å²) in [5, 5.41) is 1.86. The molecule has 4 rings (SSSR count). The molecule has 3 nitrogen and oxygen atoms in total. The summed E-state index contributed by atoms with van der Waals surface area (Å²) in [6.45, 7) is 0.738. The van der Waals surface area contributed by atoms with Gasteiger partial charge in [0.2, 0.25) is 0 Å². The quantitative estimate of drug-likeness (QED) is 0.427. The van der Waals surface area contributed by atoms with E-state index in [1.165, 1.54) is 42.6 Å². The molecule has 148 valence electrons. The molecule has 0 spiro atoms. The zero-order chi connectivity index (χ0) is 19.3. The van der Waals surface area contributed by atoms with Crippen molar-refractivity contribution in [3.63, 3.8) is 0 Å². The fraction of sp³-hybridized carbons (Fsp3) is 0.391. The second-order valence-corrected chi connectivity index (χ2v) is 8.81. The molecule has 5 heteroatoms. The Morgan fingerprint density at radius 1 is 1.11 bits per heavy atom. The van der Waals surface area contributed by atoms with E-state index < -0.39 is 0 Å². The van der Waals surface area contributed by atoms with Gasteiger partial charge >= 0.3 is 0 Å². The number of benzene rings is 2. The van der Waals surface area contributed by atoms with Crippen molar-refractivity contribution in [2.24, 2.45) is 0 Å².